The zero-order valence-electron chi connectivity index (χ0n) is 7.24. The third kappa shape index (κ3) is 3.34. The first-order valence-corrected chi connectivity index (χ1v) is 4.69. The summed E-state index contributed by atoms with van der Waals surface area (Å²) in [7, 11) is -1.39. The van der Waals surface area contributed by atoms with Gasteiger partial charge < -0.3 is 10.0 Å². The second kappa shape index (κ2) is 4.60. The summed E-state index contributed by atoms with van der Waals surface area (Å²) in [6, 6.07) is 7.67. The van der Waals surface area contributed by atoms with Gasteiger partial charge in [0.1, 0.15) is 0 Å². The van der Waals surface area contributed by atoms with E-state index in [1.807, 2.05) is 31.2 Å². The molecule has 1 rings (SSSR count). The SMILES string of the molecule is CC(=CB(O)O)c1cccc(Br)c1. The van der Waals surface area contributed by atoms with Crippen LogP contribution in [-0.2, 0) is 0 Å². The Morgan fingerprint density at radius 3 is 2.69 bits per heavy atom. The van der Waals surface area contributed by atoms with Crippen molar-refractivity contribution in [3.05, 3.63) is 40.3 Å². The fraction of sp³-hybridized carbons (Fsp3) is 0.111. The molecule has 0 bridgehead atoms. The van der Waals surface area contributed by atoms with Crippen molar-refractivity contribution >= 4 is 28.6 Å². The molecule has 0 fully saturated rings. The van der Waals surface area contributed by atoms with Gasteiger partial charge in [-0.2, -0.15) is 0 Å². The van der Waals surface area contributed by atoms with Crippen LogP contribution in [0.25, 0.3) is 5.57 Å². The minimum Gasteiger partial charge on any atom is -0.424 e. The fourth-order valence-corrected chi connectivity index (χ4v) is 1.45. The Kier molecular flexibility index (Phi) is 3.72. The molecule has 68 valence electrons. The molecule has 0 unspecified atom stereocenters. The van der Waals surface area contributed by atoms with Crippen molar-refractivity contribution < 1.29 is 10.0 Å². The van der Waals surface area contributed by atoms with Gasteiger partial charge in [-0.3, -0.25) is 0 Å². The van der Waals surface area contributed by atoms with Gasteiger partial charge in [-0.1, -0.05) is 39.6 Å². The quantitative estimate of drug-likeness (QED) is 0.775. The first-order chi connectivity index (χ1) is 6.09. The minimum absolute atomic E-state index is 0.844. The van der Waals surface area contributed by atoms with Crippen LogP contribution >= 0.6 is 15.9 Å². The molecule has 0 atom stereocenters. The van der Waals surface area contributed by atoms with Gasteiger partial charge in [0.2, 0.25) is 0 Å². The zero-order chi connectivity index (χ0) is 9.84. The zero-order valence-corrected chi connectivity index (χ0v) is 8.82. The third-order valence-electron chi connectivity index (χ3n) is 1.68. The van der Waals surface area contributed by atoms with Crippen molar-refractivity contribution in [3.8, 4) is 0 Å². The van der Waals surface area contributed by atoms with Crippen molar-refractivity contribution in [2.45, 2.75) is 6.92 Å². The van der Waals surface area contributed by atoms with E-state index in [1.165, 1.54) is 5.98 Å². The molecule has 0 spiro atoms. The molecule has 0 aliphatic heterocycles. The summed E-state index contributed by atoms with van der Waals surface area (Å²) < 4.78 is 0.977. The number of rotatable bonds is 2. The van der Waals surface area contributed by atoms with Crippen molar-refractivity contribution in [2.75, 3.05) is 0 Å². The Morgan fingerprint density at radius 1 is 1.46 bits per heavy atom. The van der Waals surface area contributed by atoms with Gasteiger partial charge in [0.05, 0.1) is 0 Å². The van der Waals surface area contributed by atoms with Gasteiger partial charge >= 0.3 is 7.12 Å². The first-order valence-electron chi connectivity index (χ1n) is 3.90. The average Bonchev–Trinajstić information content (AvgIpc) is 2.03. The van der Waals surface area contributed by atoms with Gasteiger partial charge in [0.25, 0.3) is 0 Å². The predicted molar refractivity (Wildman–Crippen MR) is 58.0 cm³/mol. The highest BCUT2D eigenvalue weighted by atomic mass is 79.9. The van der Waals surface area contributed by atoms with Crippen molar-refractivity contribution in [2.24, 2.45) is 0 Å². The van der Waals surface area contributed by atoms with E-state index in [0.29, 0.717) is 0 Å². The number of hydrogen-bond acceptors (Lipinski definition) is 2. The Labute approximate surface area is 86.2 Å². The molecule has 1 aromatic rings. The van der Waals surface area contributed by atoms with Gasteiger partial charge in [-0.15, -0.1) is 0 Å². The van der Waals surface area contributed by atoms with Crippen LogP contribution in [0.15, 0.2) is 34.7 Å². The van der Waals surface area contributed by atoms with Crippen LogP contribution in [-0.4, -0.2) is 17.2 Å². The second-order valence-electron chi connectivity index (χ2n) is 2.77. The molecule has 0 heterocycles. The summed E-state index contributed by atoms with van der Waals surface area (Å²) in [5.74, 6) is 1.39. The molecule has 0 radical (unpaired) electrons. The van der Waals surface area contributed by atoms with Crippen LogP contribution < -0.4 is 0 Å². The molecular weight excluding hydrogens is 231 g/mol. The molecule has 13 heavy (non-hydrogen) atoms. The van der Waals surface area contributed by atoms with Crippen LogP contribution in [0.1, 0.15) is 12.5 Å². The highest BCUT2D eigenvalue weighted by Gasteiger charge is 2.03. The summed E-state index contributed by atoms with van der Waals surface area (Å²) in [6.07, 6.45) is 0. The number of halogens is 1. The van der Waals surface area contributed by atoms with E-state index >= 15 is 0 Å². The Morgan fingerprint density at radius 2 is 2.15 bits per heavy atom. The maximum atomic E-state index is 8.72. The Hall–Kier alpha value is -0.575. The fourth-order valence-electron chi connectivity index (χ4n) is 1.05. The smallest absolute Gasteiger partial charge is 0.424 e. The maximum absolute atomic E-state index is 8.72. The van der Waals surface area contributed by atoms with E-state index < -0.39 is 7.12 Å². The summed E-state index contributed by atoms with van der Waals surface area (Å²) in [5, 5.41) is 17.4. The molecular formula is C9H10BBrO2. The van der Waals surface area contributed by atoms with Crippen LogP contribution in [0, 0.1) is 0 Å². The number of allylic oxidation sites excluding steroid dienone is 1. The van der Waals surface area contributed by atoms with Gasteiger partial charge in [-0.25, -0.2) is 0 Å². The van der Waals surface area contributed by atoms with Crippen LogP contribution in [0.2, 0.25) is 0 Å². The Balaban J connectivity index is 2.95. The number of hydrogen-bond donors (Lipinski definition) is 2. The van der Waals surface area contributed by atoms with E-state index in [9.17, 15) is 0 Å². The summed E-state index contributed by atoms with van der Waals surface area (Å²) in [5.41, 5.74) is 1.82. The third-order valence-corrected chi connectivity index (χ3v) is 2.17. The summed E-state index contributed by atoms with van der Waals surface area (Å²) >= 11 is 3.34. The Bertz CT molecular complexity index is 323. The van der Waals surface area contributed by atoms with E-state index in [1.54, 1.807) is 0 Å². The standard InChI is InChI=1S/C9H10BBrO2/c1-7(6-10(12)13)8-3-2-4-9(11)5-8/h2-6,12-13H,1H3. The van der Waals surface area contributed by atoms with E-state index in [-0.39, 0.29) is 0 Å². The lowest BCUT2D eigenvalue weighted by Gasteiger charge is -2.01. The number of benzene rings is 1. The van der Waals surface area contributed by atoms with Crippen molar-refractivity contribution in [1.82, 2.24) is 0 Å². The second-order valence-corrected chi connectivity index (χ2v) is 3.69. The predicted octanol–water partition coefficient (Wildman–Crippen LogP) is 1.86. The highest BCUT2D eigenvalue weighted by molar-refractivity contribution is 9.10. The lowest BCUT2D eigenvalue weighted by Crippen LogP contribution is -2.06. The molecule has 0 aliphatic rings. The molecule has 0 saturated heterocycles. The van der Waals surface area contributed by atoms with Crippen molar-refractivity contribution in [3.63, 3.8) is 0 Å². The average molecular weight is 241 g/mol. The summed E-state index contributed by atoms with van der Waals surface area (Å²) in [6.45, 7) is 1.83. The van der Waals surface area contributed by atoms with Crippen molar-refractivity contribution in [1.29, 1.82) is 0 Å². The first kappa shape index (κ1) is 10.5. The molecule has 2 N–H and O–H groups in total. The van der Waals surface area contributed by atoms with Crippen LogP contribution in [0.3, 0.4) is 0 Å². The van der Waals surface area contributed by atoms with E-state index in [2.05, 4.69) is 15.9 Å². The molecule has 0 saturated carbocycles. The van der Waals surface area contributed by atoms with Gasteiger partial charge in [0, 0.05) is 4.47 Å². The lowest BCUT2D eigenvalue weighted by molar-refractivity contribution is 0.424. The van der Waals surface area contributed by atoms with Gasteiger partial charge in [0.15, 0.2) is 0 Å². The molecule has 4 heteroatoms. The maximum Gasteiger partial charge on any atom is 0.480 e. The molecule has 0 aromatic heterocycles. The van der Waals surface area contributed by atoms with E-state index in [4.69, 9.17) is 10.0 Å². The highest BCUT2D eigenvalue weighted by Crippen LogP contribution is 2.18. The van der Waals surface area contributed by atoms with Crippen LogP contribution in [0.5, 0.6) is 0 Å². The van der Waals surface area contributed by atoms with Gasteiger partial charge in [-0.05, 0) is 24.6 Å². The monoisotopic (exact) mass is 240 g/mol. The largest absolute Gasteiger partial charge is 0.480 e. The summed E-state index contributed by atoms with van der Waals surface area (Å²) in [4.78, 5) is 0. The van der Waals surface area contributed by atoms with Crippen LogP contribution in [0.4, 0.5) is 0 Å². The molecule has 0 aliphatic carbocycles. The minimum atomic E-state index is -1.39. The molecule has 2 nitrogen and oxygen atoms in total. The topological polar surface area (TPSA) is 40.5 Å². The molecule has 0 amide bonds. The normalized spacial score (nSPS) is 11.5. The van der Waals surface area contributed by atoms with E-state index in [0.717, 1.165) is 15.6 Å². The lowest BCUT2D eigenvalue weighted by atomic mass is 9.87. The molecule has 1 aromatic carbocycles.